The number of amides is 2. The lowest BCUT2D eigenvalue weighted by atomic mass is 9.77. The number of benzene rings is 2. The van der Waals surface area contributed by atoms with Crippen molar-refractivity contribution in [1.82, 2.24) is 5.43 Å². The van der Waals surface area contributed by atoms with Crippen LogP contribution in [0.1, 0.15) is 69.5 Å². The third-order valence-electron chi connectivity index (χ3n) is 6.27. The molecule has 1 aliphatic rings. The van der Waals surface area contributed by atoms with Crippen LogP contribution in [0.15, 0.2) is 47.6 Å². The van der Waals surface area contributed by atoms with Gasteiger partial charge in [-0.25, -0.2) is 5.43 Å². The number of thiophene rings is 1. The Labute approximate surface area is 237 Å². The molecule has 0 radical (unpaired) electrons. The zero-order valence-electron chi connectivity index (χ0n) is 21.7. The summed E-state index contributed by atoms with van der Waals surface area (Å²) in [5, 5.41) is 6.53. The van der Waals surface area contributed by atoms with E-state index in [0.29, 0.717) is 17.8 Å². The van der Waals surface area contributed by atoms with Crippen LogP contribution >= 0.6 is 22.9 Å². The molecule has 2 amide bonds. The highest BCUT2D eigenvalue weighted by molar-refractivity contribution is 7.17. The fourth-order valence-corrected chi connectivity index (χ4v) is 6.06. The van der Waals surface area contributed by atoms with E-state index >= 15 is 0 Å². The lowest BCUT2D eigenvalue weighted by molar-refractivity contribution is -0.137. The van der Waals surface area contributed by atoms with Crippen LogP contribution in [0.2, 0.25) is 5.02 Å². The van der Waals surface area contributed by atoms with Crippen molar-refractivity contribution in [1.29, 1.82) is 0 Å². The van der Waals surface area contributed by atoms with Crippen molar-refractivity contribution in [3.05, 3.63) is 80.2 Å². The van der Waals surface area contributed by atoms with E-state index in [1.54, 1.807) is 18.2 Å². The summed E-state index contributed by atoms with van der Waals surface area (Å²) in [5.74, 6) is -1.44. The summed E-state index contributed by atoms with van der Waals surface area (Å²) in [5.41, 5.74) is 2.73. The normalized spacial score (nSPS) is 14.5. The molecule has 4 rings (SSSR count). The van der Waals surface area contributed by atoms with Gasteiger partial charge in [-0.2, -0.15) is 18.3 Å². The van der Waals surface area contributed by atoms with Gasteiger partial charge in [0.15, 0.2) is 0 Å². The van der Waals surface area contributed by atoms with Crippen molar-refractivity contribution in [3.8, 4) is 5.75 Å². The van der Waals surface area contributed by atoms with Gasteiger partial charge in [-0.15, -0.1) is 11.3 Å². The summed E-state index contributed by atoms with van der Waals surface area (Å²) >= 11 is 6.96. The number of carbonyl (C=O) groups is 3. The molecule has 1 aliphatic carbocycles. The largest absolute Gasteiger partial charge is 0.427 e. The maximum Gasteiger partial charge on any atom is 0.417 e. The van der Waals surface area contributed by atoms with Crippen LogP contribution in [-0.2, 0) is 23.8 Å². The van der Waals surface area contributed by atoms with Crippen LogP contribution < -0.4 is 15.5 Å². The van der Waals surface area contributed by atoms with Crippen LogP contribution in [0.4, 0.5) is 18.2 Å². The molecule has 2 aromatic carbocycles. The third-order valence-corrected chi connectivity index (χ3v) is 7.75. The number of hydrazone groups is 1. The molecular formula is C28H25ClF3N3O4S. The number of anilines is 1. The zero-order valence-corrected chi connectivity index (χ0v) is 23.3. The van der Waals surface area contributed by atoms with E-state index in [1.807, 2.05) is 0 Å². The summed E-state index contributed by atoms with van der Waals surface area (Å²) in [6.07, 6.45) is -1.42. The topological polar surface area (TPSA) is 96.9 Å². The van der Waals surface area contributed by atoms with Crippen molar-refractivity contribution >= 4 is 51.9 Å². The average Bonchev–Trinajstić information content (AvgIpc) is 3.19. The van der Waals surface area contributed by atoms with Crippen LogP contribution in [-0.4, -0.2) is 24.0 Å². The summed E-state index contributed by atoms with van der Waals surface area (Å²) in [4.78, 5) is 38.6. The number of ether oxygens (including phenoxy) is 1. The van der Waals surface area contributed by atoms with Gasteiger partial charge in [-0.1, -0.05) is 37.6 Å². The van der Waals surface area contributed by atoms with E-state index < -0.39 is 34.5 Å². The SMILES string of the molecule is CC(=O)Oc1cccc(C(=O)Nc2sc3c(c2C(=O)N/N=C/c2ccc(Cl)c(C(F)(F)F)c2)CCC(C)(C)C3)c1. The highest BCUT2D eigenvalue weighted by atomic mass is 35.5. The minimum Gasteiger partial charge on any atom is -0.427 e. The van der Waals surface area contributed by atoms with Crippen molar-refractivity contribution in [2.24, 2.45) is 10.5 Å². The first kappa shape index (κ1) is 29.3. The number of rotatable bonds is 6. The molecule has 1 heterocycles. The van der Waals surface area contributed by atoms with Crippen LogP contribution in [0.3, 0.4) is 0 Å². The Bertz CT molecular complexity index is 1510. The Morgan fingerprint density at radius 3 is 2.58 bits per heavy atom. The molecule has 40 heavy (non-hydrogen) atoms. The molecular weight excluding hydrogens is 567 g/mol. The maximum atomic E-state index is 13.3. The maximum absolute atomic E-state index is 13.3. The smallest absolute Gasteiger partial charge is 0.417 e. The molecule has 0 spiro atoms. The third kappa shape index (κ3) is 6.89. The molecule has 7 nitrogen and oxygen atoms in total. The molecule has 0 fully saturated rings. The van der Waals surface area contributed by atoms with Gasteiger partial charge in [0.25, 0.3) is 11.8 Å². The molecule has 0 bridgehead atoms. The molecule has 0 atom stereocenters. The van der Waals surface area contributed by atoms with Crippen LogP contribution in [0.5, 0.6) is 5.75 Å². The highest BCUT2D eigenvalue weighted by Crippen LogP contribution is 2.44. The van der Waals surface area contributed by atoms with E-state index in [9.17, 15) is 27.6 Å². The Morgan fingerprint density at radius 1 is 1.12 bits per heavy atom. The van der Waals surface area contributed by atoms with Gasteiger partial charge >= 0.3 is 12.1 Å². The molecule has 1 aromatic heterocycles. The zero-order chi connectivity index (χ0) is 29.2. The minimum atomic E-state index is -4.64. The number of hydrogen-bond donors (Lipinski definition) is 2. The Morgan fingerprint density at radius 2 is 1.88 bits per heavy atom. The molecule has 0 aliphatic heterocycles. The molecule has 12 heteroatoms. The van der Waals surface area contributed by atoms with Gasteiger partial charge in [-0.05, 0) is 66.1 Å². The summed E-state index contributed by atoms with van der Waals surface area (Å²) in [6, 6.07) is 9.36. The molecule has 3 aromatic rings. The lowest BCUT2D eigenvalue weighted by Crippen LogP contribution is -2.25. The molecule has 0 unspecified atom stereocenters. The number of alkyl halides is 3. The molecule has 210 valence electrons. The summed E-state index contributed by atoms with van der Waals surface area (Å²) in [7, 11) is 0. The monoisotopic (exact) mass is 591 g/mol. The number of esters is 1. The predicted molar refractivity (Wildman–Crippen MR) is 147 cm³/mol. The number of nitrogens with zero attached hydrogens (tertiary/aromatic N) is 1. The van der Waals surface area contributed by atoms with Crippen LogP contribution in [0, 0.1) is 5.41 Å². The first-order valence-electron chi connectivity index (χ1n) is 12.2. The summed E-state index contributed by atoms with van der Waals surface area (Å²) in [6.45, 7) is 5.50. The lowest BCUT2D eigenvalue weighted by Gasteiger charge is -2.29. The number of fused-ring (bicyclic) bond motifs is 1. The second kappa shape index (κ2) is 11.4. The van der Waals surface area contributed by atoms with Gasteiger partial charge in [0.1, 0.15) is 10.8 Å². The van der Waals surface area contributed by atoms with Crippen molar-refractivity contribution in [2.75, 3.05) is 5.32 Å². The first-order chi connectivity index (χ1) is 18.7. The Kier molecular flexibility index (Phi) is 8.36. The number of nitrogens with one attached hydrogen (secondary N) is 2. The quantitative estimate of drug-likeness (QED) is 0.141. The van der Waals surface area contributed by atoms with E-state index in [4.69, 9.17) is 16.3 Å². The van der Waals surface area contributed by atoms with E-state index in [0.717, 1.165) is 35.2 Å². The van der Waals surface area contributed by atoms with Gasteiger partial charge in [0, 0.05) is 17.4 Å². The number of hydrogen-bond acceptors (Lipinski definition) is 6. The second-order valence-electron chi connectivity index (χ2n) is 10.1. The van der Waals surface area contributed by atoms with Gasteiger partial charge in [-0.3, -0.25) is 14.4 Å². The Balaban J connectivity index is 1.60. The van der Waals surface area contributed by atoms with Crippen LogP contribution in [0.25, 0.3) is 0 Å². The fraction of sp³-hybridized carbons (Fsp3) is 0.286. The summed E-state index contributed by atoms with van der Waals surface area (Å²) < 4.78 is 44.6. The Hall–Kier alpha value is -3.70. The fourth-order valence-electron chi connectivity index (χ4n) is 4.34. The van der Waals surface area contributed by atoms with Crippen molar-refractivity contribution in [2.45, 2.75) is 46.2 Å². The van der Waals surface area contributed by atoms with E-state index in [2.05, 4.69) is 29.7 Å². The average molecular weight is 592 g/mol. The van der Waals surface area contributed by atoms with Gasteiger partial charge in [0.2, 0.25) is 0 Å². The number of carbonyl (C=O) groups excluding carboxylic acids is 3. The number of halogens is 4. The minimum absolute atomic E-state index is 0.00810. The first-order valence-corrected chi connectivity index (χ1v) is 13.4. The van der Waals surface area contributed by atoms with Crippen molar-refractivity contribution in [3.63, 3.8) is 0 Å². The van der Waals surface area contributed by atoms with Gasteiger partial charge < -0.3 is 10.1 Å². The van der Waals surface area contributed by atoms with E-state index in [-0.39, 0.29) is 27.9 Å². The molecule has 2 N–H and O–H groups in total. The predicted octanol–water partition coefficient (Wildman–Crippen LogP) is 6.88. The molecule has 0 saturated carbocycles. The van der Waals surface area contributed by atoms with E-state index in [1.165, 1.54) is 30.4 Å². The highest BCUT2D eigenvalue weighted by Gasteiger charge is 2.34. The van der Waals surface area contributed by atoms with Crippen molar-refractivity contribution < 1.29 is 32.3 Å². The van der Waals surface area contributed by atoms with Gasteiger partial charge in [0.05, 0.1) is 22.4 Å². The standard InChI is InChI=1S/C28H25ClF3N3O4S/c1-15(36)39-18-6-4-5-17(12-18)24(37)34-26-23(19-9-10-27(2,3)13-22(19)40-26)25(38)35-33-14-16-7-8-21(29)20(11-16)28(30,31)32/h4-8,11-12,14H,9-10,13H2,1-3H3,(H,34,37)(H,35,38)/b33-14+. The second-order valence-corrected chi connectivity index (χ2v) is 11.6. The molecule has 0 saturated heterocycles.